The molecule has 0 saturated heterocycles. The largest absolute Gasteiger partial charge is 0.772 e. The highest BCUT2D eigenvalue weighted by Gasteiger charge is 2.26. The van der Waals surface area contributed by atoms with Crippen LogP contribution in [-0.2, 0) is 46.1 Å². The molecule has 0 amide bonds. The van der Waals surface area contributed by atoms with Crippen LogP contribution in [-0.4, -0.2) is 39.4 Å². The highest BCUT2D eigenvalue weighted by atomic mass is 35.5. The zero-order chi connectivity index (χ0) is 36.0. The van der Waals surface area contributed by atoms with Crippen LogP contribution in [0.1, 0.15) is 56.3 Å². The number of benzene rings is 5. The smallest absolute Gasteiger partial charge is 0.335 e. The van der Waals surface area contributed by atoms with E-state index in [-0.39, 0.29) is 28.8 Å². The number of aromatic carboxylic acids is 1. The number of nitrogens with zero attached hydrogens (tertiary/aromatic N) is 1. The number of carboxylic acids is 1. The van der Waals surface area contributed by atoms with Crippen molar-refractivity contribution in [2.24, 2.45) is 0 Å². The highest BCUT2D eigenvalue weighted by Crippen LogP contribution is 2.38. The van der Waals surface area contributed by atoms with E-state index in [1.165, 1.54) is 24.3 Å². The lowest BCUT2D eigenvalue weighted by molar-refractivity contribution is 0.0697. The summed E-state index contributed by atoms with van der Waals surface area (Å²) < 4.78 is 54.1. The fourth-order valence-electron chi connectivity index (χ4n) is 6.58. The van der Waals surface area contributed by atoms with Gasteiger partial charge in [0, 0.05) is 40.3 Å². The average molecular weight is 740 g/mol. The molecule has 262 valence electrons. The Morgan fingerprint density at radius 3 is 2.00 bits per heavy atom. The normalized spacial score (nSPS) is 12.4. The Labute approximate surface area is 305 Å². The summed E-state index contributed by atoms with van der Waals surface area (Å²) in [7, 11) is -3.90. The van der Waals surface area contributed by atoms with Gasteiger partial charge in [-0.1, -0.05) is 108 Å². The first-order valence-electron chi connectivity index (χ1n) is 16.5. The van der Waals surface area contributed by atoms with Gasteiger partial charge in [-0.3, -0.25) is 4.21 Å². The maximum Gasteiger partial charge on any atom is 0.335 e. The van der Waals surface area contributed by atoms with Gasteiger partial charge in [-0.2, -0.15) is 0 Å². The minimum absolute atomic E-state index is 0.0517. The lowest BCUT2D eigenvalue weighted by Crippen LogP contribution is -2.27. The fourth-order valence-corrected chi connectivity index (χ4v) is 8.25. The van der Waals surface area contributed by atoms with E-state index in [0.717, 1.165) is 51.7 Å². The van der Waals surface area contributed by atoms with Crippen LogP contribution in [0.4, 0.5) is 0 Å². The van der Waals surface area contributed by atoms with Crippen molar-refractivity contribution >= 4 is 49.6 Å². The van der Waals surface area contributed by atoms with Crippen LogP contribution in [0.5, 0.6) is 0 Å². The molecule has 0 saturated carbocycles. The number of fused-ring (bicyclic) bond motifs is 1. The Morgan fingerprint density at radius 1 is 0.804 bits per heavy atom. The van der Waals surface area contributed by atoms with E-state index in [0.29, 0.717) is 23.4 Å². The standard InChI is InChI=1S/C40H37ClN2O6S2/c41-33-20-23-37-36(26-33)35(13-7-8-28-14-18-32(19-15-28)40(44)45)38(24-25-42-51(48,49)34-21-16-29(17-22-34)27-50(46)47)43(37)39(30-9-3-1-4-10-30)31-11-5-2-6-12-31/h1-6,9-12,14-23,26,39,42H,7-8,13,24-25,27H2,(H,44,45)(H,46,47)/p-1. The van der Waals surface area contributed by atoms with Gasteiger partial charge in [0.05, 0.1) is 16.5 Å². The Balaban J connectivity index is 1.40. The van der Waals surface area contributed by atoms with E-state index < -0.39 is 27.1 Å². The molecule has 6 rings (SSSR count). The van der Waals surface area contributed by atoms with Crippen molar-refractivity contribution in [2.45, 2.75) is 42.4 Å². The number of nitrogens with one attached hydrogen (secondary N) is 1. The van der Waals surface area contributed by atoms with Crippen LogP contribution in [0.25, 0.3) is 10.9 Å². The number of hydrogen-bond acceptors (Lipinski definition) is 5. The third-order valence-corrected chi connectivity index (χ3v) is 11.2. The van der Waals surface area contributed by atoms with E-state index in [4.69, 9.17) is 11.6 Å². The summed E-state index contributed by atoms with van der Waals surface area (Å²) in [6.45, 7) is 0.110. The molecular weight excluding hydrogens is 704 g/mol. The molecule has 0 fully saturated rings. The van der Waals surface area contributed by atoms with Crippen molar-refractivity contribution < 1.29 is 27.1 Å². The topological polar surface area (TPSA) is 129 Å². The number of aromatic nitrogens is 1. The summed E-state index contributed by atoms with van der Waals surface area (Å²) in [4.78, 5) is 11.4. The van der Waals surface area contributed by atoms with E-state index in [1.807, 2.05) is 66.7 Å². The molecule has 1 atom stereocenters. The molecule has 51 heavy (non-hydrogen) atoms. The Bertz CT molecular complexity index is 2220. The minimum atomic E-state index is -3.90. The maximum atomic E-state index is 13.4. The first-order chi connectivity index (χ1) is 24.6. The van der Waals surface area contributed by atoms with Crippen molar-refractivity contribution in [2.75, 3.05) is 6.54 Å². The third-order valence-electron chi connectivity index (χ3n) is 8.94. The van der Waals surface area contributed by atoms with Crippen molar-refractivity contribution in [3.63, 3.8) is 0 Å². The predicted octanol–water partition coefficient (Wildman–Crippen LogP) is 7.71. The fraction of sp³-hybridized carbons (Fsp3) is 0.175. The molecule has 5 aromatic carbocycles. The summed E-state index contributed by atoms with van der Waals surface area (Å²) in [5.41, 5.74) is 6.92. The quantitative estimate of drug-likeness (QED) is 0.104. The second-order valence-electron chi connectivity index (χ2n) is 12.3. The van der Waals surface area contributed by atoms with Crippen LogP contribution in [0.3, 0.4) is 0 Å². The SMILES string of the molecule is O=C(O)c1ccc(CCCc2c(CCNS(=O)(=O)c3ccc(CS(=O)[O-])cc3)n(C(c3ccccc3)c3ccccc3)c3ccc(Cl)cc23)cc1. The van der Waals surface area contributed by atoms with E-state index in [9.17, 15) is 27.1 Å². The molecule has 0 aliphatic heterocycles. The molecule has 0 spiro atoms. The van der Waals surface area contributed by atoms with Gasteiger partial charge in [-0.05, 0) is 89.5 Å². The summed E-state index contributed by atoms with van der Waals surface area (Å²) in [5, 5.41) is 10.9. The molecule has 0 aliphatic carbocycles. The maximum absolute atomic E-state index is 13.4. The summed E-state index contributed by atoms with van der Waals surface area (Å²) in [6.07, 6.45) is 2.53. The third kappa shape index (κ3) is 8.66. The molecule has 0 aliphatic rings. The number of aryl methyl sites for hydroxylation is 2. The summed E-state index contributed by atoms with van der Waals surface area (Å²) in [6, 6.07) is 38.8. The minimum Gasteiger partial charge on any atom is -0.772 e. The van der Waals surface area contributed by atoms with Gasteiger partial charge in [0.25, 0.3) is 0 Å². The van der Waals surface area contributed by atoms with Crippen molar-refractivity contribution in [3.05, 3.63) is 171 Å². The average Bonchev–Trinajstić information content (AvgIpc) is 3.41. The second kappa shape index (κ2) is 16.2. The second-order valence-corrected chi connectivity index (χ2v) is 15.4. The van der Waals surface area contributed by atoms with Crippen molar-refractivity contribution in [1.82, 2.24) is 9.29 Å². The molecule has 11 heteroatoms. The van der Waals surface area contributed by atoms with Gasteiger partial charge in [-0.25, -0.2) is 17.9 Å². The van der Waals surface area contributed by atoms with Crippen molar-refractivity contribution in [1.29, 1.82) is 0 Å². The Morgan fingerprint density at radius 2 is 1.41 bits per heavy atom. The lowest BCUT2D eigenvalue weighted by Gasteiger charge is -2.25. The molecule has 1 heterocycles. The van der Waals surface area contributed by atoms with Crippen LogP contribution < -0.4 is 4.72 Å². The van der Waals surface area contributed by atoms with Crippen LogP contribution in [0.15, 0.2) is 132 Å². The Kier molecular flexibility index (Phi) is 11.5. The summed E-state index contributed by atoms with van der Waals surface area (Å²) in [5.74, 6) is -1.16. The lowest BCUT2D eigenvalue weighted by atomic mass is 9.97. The molecule has 1 unspecified atom stereocenters. The van der Waals surface area contributed by atoms with Crippen molar-refractivity contribution in [3.8, 4) is 0 Å². The number of rotatable bonds is 15. The molecule has 6 aromatic rings. The Hall–Kier alpha value is -4.58. The number of hydrogen-bond donors (Lipinski definition) is 2. The molecule has 1 aromatic heterocycles. The molecule has 0 bridgehead atoms. The summed E-state index contributed by atoms with van der Waals surface area (Å²) >= 11 is 4.34. The first kappa shape index (κ1) is 36.2. The molecule has 8 nitrogen and oxygen atoms in total. The van der Waals surface area contributed by atoms with E-state index in [2.05, 4.69) is 33.6 Å². The van der Waals surface area contributed by atoms with Crippen LogP contribution in [0.2, 0.25) is 5.02 Å². The van der Waals surface area contributed by atoms with Gasteiger partial charge < -0.3 is 14.2 Å². The predicted molar refractivity (Wildman–Crippen MR) is 200 cm³/mol. The van der Waals surface area contributed by atoms with E-state index in [1.54, 1.807) is 12.1 Å². The zero-order valence-corrected chi connectivity index (χ0v) is 30.0. The van der Waals surface area contributed by atoms with Gasteiger partial charge in [0.2, 0.25) is 10.0 Å². The van der Waals surface area contributed by atoms with Crippen LogP contribution in [0, 0.1) is 0 Å². The van der Waals surface area contributed by atoms with Crippen LogP contribution >= 0.6 is 11.6 Å². The zero-order valence-electron chi connectivity index (χ0n) is 27.6. The van der Waals surface area contributed by atoms with Gasteiger partial charge in [-0.15, -0.1) is 0 Å². The molecular formula is C40H36ClN2O6S2-. The van der Waals surface area contributed by atoms with Gasteiger partial charge in [0.1, 0.15) is 0 Å². The first-order valence-corrected chi connectivity index (χ1v) is 19.6. The highest BCUT2D eigenvalue weighted by molar-refractivity contribution is 7.89. The van der Waals surface area contributed by atoms with Gasteiger partial charge >= 0.3 is 5.97 Å². The number of halogens is 1. The van der Waals surface area contributed by atoms with Gasteiger partial charge in [0.15, 0.2) is 0 Å². The molecule has 2 N–H and O–H groups in total. The van der Waals surface area contributed by atoms with E-state index >= 15 is 0 Å². The number of carbonyl (C=O) groups is 1. The molecule has 0 radical (unpaired) electrons. The number of sulfonamides is 1. The monoisotopic (exact) mass is 739 g/mol. The number of carboxylic acid groups (broad SMARTS) is 1.